The Morgan fingerprint density at radius 1 is 1.53 bits per heavy atom. The number of hydrogen-bond acceptors (Lipinski definition) is 3. The number of hydrogen-bond donors (Lipinski definition) is 1. The lowest BCUT2D eigenvalue weighted by atomic mass is 10.1. The molecule has 0 aromatic heterocycles. The van der Waals surface area contributed by atoms with Crippen molar-refractivity contribution < 1.29 is 4.79 Å². The van der Waals surface area contributed by atoms with E-state index in [2.05, 4.69) is 11.0 Å². The third-order valence-electron chi connectivity index (χ3n) is 3.46. The van der Waals surface area contributed by atoms with Crippen LogP contribution >= 0.6 is 0 Å². The minimum atomic E-state index is 0.126. The van der Waals surface area contributed by atoms with E-state index in [0.717, 1.165) is 30.8 Å². The molecule has 1 aromatic rings. The van der Waals surface area contributed by atoms with Crippen LogP contribution in [0.1, 0.15) is 36.5 Å². The number of benzene rings is 1. The molecule has 1 aliphatic heterocycles. The van der Waals surface area contributed by atoms with Crippen LogP contribution in [0.15, 0.2) is 24.3 Å². The number of nitrogens with zero attached hydrogens (tertiary/aromatic N) is 1. The minimum absolute atomic E-state index is 0.126. The summed E-state index contributed by atoms with van der Waals surface area (Å²) in [5, 5.41) is 0. The van der Waals surface area contributed by atoms with Gasteiger partial charge in [-0.3, -0.25) is 4.79 Å². The van der Waals surface area contributed by atoms with Crippen molar-refractivity contribution in [3.05, 3.63) is 29.8 Å². The maximum atomic E-state index is 11.4. The Morgan fingerprint density at radius 2 is 2.35 bits per heavy atom. The molecule has 2 N–H and O–H groups in total. The molecule has 3 nitrogen and oxygen atoms in total. The SMILES string of the molecule is CC(=O)c1cccc(N2CCCC2CCN)c1. The molecule has 1 fully saturated rings. The smallest absolute Gasteiger partial charge is 0.159 e. The van der Waals surface area contributed by atoms with Gasteiger partial charge in [-0.15, -0.1) is 0 Å². The predicted molar refractivity (Wildman–Crippen MR) is 70.5 cm³/mol. The van der Waals surface area contributed by atoms with Crippen molar-refractivity contribution in [3.63, 3.8) is 0 Å². The Balaban J connectivity index is 2.21. The van der Waals surface area contributed by atoms with E-state index in [1.54, 1.807) is 6.92 Å². The summed E-state index contributed by atoms with van der Waals surface area (Å²) >= 11 is 0. The highest BCUT2D eigenvalue weighted by atomic mass is 16.1. The van der Waals surface area contributed by atoms with Gasteiger partial charge in [0.25, 0.3) is 0 Å². The number of nitrogens with two attached hydrogens (primary N) is 1. The van der Waals surface area contributed by atoms with Crippen LogP contribution in [0.3, 0.4) is 0 Å². The van der Waals surface area contributed by atoms with Crippen molar-refractivity contribution in [2.24, 2.45) is 5.73 Å². The van der Waals surface area contributed by atoms with E-state index >= 15 is 0 Å². The minimum Gasteiger partial charge on any atom is -0.368 e. The Bertz CT molecular complexity index is 403. The number of carbonyl (C=O) groups is 1. The topological polar surface area (TPSA) is 46.3 Å². The first-order valence-corrected chi connectivity index (χ1v) is 6.30. The van der Waals surface area contributed by atoms with Crippen molar-refractivity contribution in [3.8, 4) is 0 Å². The molecule has 0 spiro atoms. The second-order valence-corrected chi connectivity index (χ2v) is 4.67. The van der Waals surface area contributed by atoms with E-state index in [9.17, 15) is 4.79 Å². The summed E-state index contributed by atoms with van der Waals surface area (Å²) < 4.78 is 0. The molecule has 1 unspecified atom stereocenters. The van der Waals surface area contributed by atoms with Gasteiger partial charge in [0.1, 0.15) is 0 Å². The summed E-state index contributed by atoms with van der Waals surface area (Å²) in [6.45, 7) is 3.42. The summed E-state index contributed by atoms with van der Waals surface area (Å²) in [4.78, 5) is 13.8. The zero-order valence-corrected chi connectivity index (χ0v) is 10.4. The highest BCUT2D eigenvalue weighted by Crippen LogP contribution is 2.27. The predicted octanol–water partition coefficient (Wildman–Crippen LogP) is 2.21. The molecule has 1 aromatic carbocycles. The Kier molecular flexibility index (Phi) is 3.79. The molecule has 2 rings (SSSR count). The van der Waals surface area contributed by atoms with Gasteiger partial charge in [-0.25, -0.2) is 0 Å². The fourth-order valence-corrected chi connectivity index (χ4v) is 2.57. The van der Waals surface area contributed by atoms with E-state index in [4.69, 9.17) is 5.73 Å². The summed E-state index contributed by atoms with van der Waals surface area (Å²) in [7, 11) is 0. The highest BCUT2D eigenvalue weighted by molar-refractivity contribution is 5.95. The zero-order valence-electron chi connectivity index (χ0n) is 10.4. The second kappa shape index (κ2) is 5.32. The third-order valence-corrected chi connectivity index (χ3v) is 3.46. The lowest BCUT2D eigenvalue weighted by Gasteiger charge is -2.26. The van der Waals surface area contributed by atoms with Crippen LogP contribution in [0.5, 0.6) is 0 Å². The lowest BCUT2D eigenvalue weighted by molar-refractivity contribution is 0.101. The van der Waals surface area contributed by atoms with Crippen LogP contribution in [-0.4, -0.2) is 24.9 Å². The highest BCUT2D eigenvalue weighted by Gasteiger charge is 2.24. The van der Waals surface area contributed by atoms with Crippen LogP contribution in [0.4, 0.5) is 5.69 Å². The standard InChI is InChI=1S/C14H20N2O/c1-11(17)12-4-2-5-14(10-12)16-9-3-6-13(16)7-8-15/h2,4-5,10,13H,3,6-9,15H2,1H3. The molecule has 1 saturated heterocycles. The molecule has 17 heavy (non-hydrogen) atoms. The monoisotopic (exact) mass is 232 g/mol. The molecular formula is C14H20N2O. The van der Waals surface area contributed by atoms with E-state index < -0.39 is 0 Å². The molecule has 0 aliphatic carbocycles. The average Bonchev–Trinajstić information content (AvgIpc) is 2.78. The lowest BCUT2D eigenvalue weighted by Crippen LogP contribution is -2.31. The fraction of sp³-hybridized carbons (Fsp3) is 0.500. The number of ketones is 1. The van der Waals surface area contributed by atoms with Gasteiger partial charge in [-0.2, -0.15) is 0 Å². The first-order chi connectivity index (χ1) is 8.22. The Hall–Kier alpha value is -1.35. The summed E-state index contributed by atoms with van der Waals surface area (Å²) in [6.07, 6.45) is 3.46. The fourth-order valence-electron chi connectivity index (χ4n) is 2.57. The molecular weight excluding hydrogens is 212 g/mol. The first kappa shape index (κ1) is 12.1. The number of Topliss-reactive ketones (excluding diaryl/α,β-unsaturated/α-hetero) is 1. The van der Waals surface area contributed by atoms with Crippen molar-refractivity contribution in [2.45, 2.75) is 32.2 Å². The van der Waals surface area contributed by atoms with E-state index in [1.165, 1.54) is 12.8 Å². The Morgan fingerprint density at radius 3 is 3.06 bits per heavy atom. The third kappa shape index (κ3) is 2.67. The zero-order chi connectivity index (χ0) is 12.3. The van der Waals surface area contributed by atoms with Gasteiger partial charge in [-0.1, -0.05) is 12.1 Å². The quantitative estimate of drug-likeness (QED) is 0.810. The van der Waals surface area contributed by atoms with Crippen molar-refractivity contribution >= 4 is 11.5 Å². The van der Waals surface area contributed by atoms with E-state index in [-0.39, 0.29) is 5.78 Å². The van der Waals surface area contributed by atoms with Crippen LogP contribution in [0, 0.1) is 0 Å². The van der Waals surface area contributed by atoms with Gasteiger partial charge in [0.15, 0.2) is 5.78 Å². The molecule has 92 valence electrons. The summed E-state index contributed by atoms with van der Waals surface area (Å²) in [5.74, 6) is 0.126. The van der Waals surface area contributed by atoms with Gasteiger partial charge >= 0.3 is 0 Å². The first-order valence-electron chi connectivity index (χ1n) is 6.30. The van der Waals surface area contributed by atoms with Crippen LogP contribution < -0.4 is 10.6 Å². The second-order valence-electron chi connectivity index (χ2n) is 4.67. The molecule has 1 aliphatic rings. The van der Waals surface area contributed by atoms with Crippen molar-refractivity contribution in [1.29, 1.82) is 0 Å². The van der Waals surface area contributed by atoms with Crippen LogP contribution in [0.2, 0.25) is 0 Å². The molecule has 0 amide bonds. The van der Waals surface area contributed by atoms with Gasteiger partial charge in [-0.05, 0) is 44.9 Å². The summed E-state index contributed by atoms with van der Waals surface area (Å²) in [6, 6.07) is 8.46. The maximum Gasteiger partial charge on any atom is 0.159 e. The number of carbonyl (C=O) groups excluding carboxylic acids is 1. The van der Waals surface area contributed by atoms with Crippen molar-refractivity contribution in [1.82, 2.24) is 0 Å². The van der Waals surface area contributed by atoms with Gasteiger partial charge in [0.05, 0.1) is 0 Å². The van der Waals surface area contributed by atoms with Gasteiger partial charge in [0, 0.05) is 23.8 Å². The summed E-state index contributed by atoms with van der Waals surface area (Å²) in [5.41, 5.74) is 7.60. The largest absolute Gasteiger partial charge is 0.368 e. The van der Waals surface area contributed by atoms with E-state index in [1.807, 2.05) is 18.2 Å². The van der Waals surface area contributed by atoms with Crippen LogP contribution in [0.25, 0.3) is 0 Å². The molecule has 1 atom stereocenters. The average molecular weight is 232 g/mol. The Labute approximate surface area is 103 Å². The normalized spacial score (nSPS) is 19.6. The number of rotatable bonds is 4. The molecule has 3 heteroatoms. The maximum absolute atomic E-state index is 11.4. The van der Waals surface area contributed by atoms with E-state index in [0.29, 0.717) is 6.04 Å². The van der Waals surface area contributed by atoms with Gasteiger partial charge < -0.3 is 10.6 Å². The van der Waals surface area contributed by atoms with Gasteiger partial charge in [0.2, 0.25) is 0 Å². The molecule has 1 heterocycles. The van der Waals surface area contributed by atoms with Crippen molar-refractivity contribution in [2.75, 3.05) is 18.0 Å². The molecule has 0 bridgehead atoms. The van der Waals surface area contributed by atoms with Crippen LogP contribution in [-0.2, 0) is 0 Å². The molecule has 0 saturated carbocycles. The molecule has 0 radical (unpaired) electrons. The number of anilines is 1.